The van der Waals surface area contributed by atoms with Crippen LogP contribution in [0, 0.1) is 5.39 Å². The van der Waals surface area contributed by atoms with Crippen LogP contribution in [0.25, 0.3) is 4.98 Å². The zero-order valence-electron chi connectivity index (χ0n) is 8.15. The van der Waals surface area contributed by atoms with Crippen molar-refractivity contribution in [2.75, 3.05) is 0 Å². The zero-order valence-corrected chi connectivity index (χ0v) is 8.15. The van der Waals surface area contributed by atoms with Gasteiger partial charge in [0.15, 0.2) is 10.7 Å². The number of nitrogens with zero attached hydrogens (tertiary/aromatic N) is 2. The van der Waals surface area contributed by atoms with Crippen molar-refractivity contribution in [2.24, 2.45) is 0 Å². The Morgan fingerprint density at radius 1 is 1.50 bits per heavy atom. The monoisotopic (exact) mass is 195 g/mol. The third-order valence-corrected chi connectivity index (χ3v) is 1.70. The predicted molar refractivity (Wildman–Crippen MR) is 54.1 cm³/mol. The van der Waals surface area contributed by atoms with Crippen molar-refractivity contribution in [3.63, 3.8) is 0 Å². The molecular weight excluding hydrogens is 180 g/mol. The lowest BCUT2D eigenvalue weighted by atomic mass is 10.1. The van der Waals surface area contributed by atoms with Crippen LogP contribution in [0.2, 0.25) is 0 Å². The molecule has 0 atom stereocenters. The smallest absolute Gasteiger partial charge is 0.387 e. The molecule has 76 valence electrons. The highest BCUT2D eigenvalue weighted by Crippen LogP contribution is 2.06. The standard InChI is InChI=1S/C10H14N2O2/c1-2-3-4-5-6-9(13)7-10(14)8-12-11/h2,8H,1,3-7H2/p+1/b10-8-. The first-order valence-electron chi connectivity index (χ1n) is 4.55. The topological polar surface area (TPSA) is 65.4 Å². The molecule has 0 aliphatic carbocycles. The third-order valence-electron chi connectivity index (χ3n) is 1.70. The molecule has 0 saturated heterocycles. The summed E-state index contributed by atoms with van der Waals surface area (Å²) in [4.78, 5) is 13.8. The van der Waals surface area contributed by atoms with E-state index < -0.39 is 0 Å². The molecule has 14 heavy (non-hydrogen) atoms. The summed E-state index contributed by atoms with van der Waals surface area (Å²) in [6.45, 7) is 3.58. The number of hydrogen-bond donors (Lipinski definition) is 1. The molecule has 4 nitrogen and oxygen atoms in total. The number of Topliss-reactive ketones (excluding diaryl/α,β-unsaturated/α-hetero) is 1. The van der Waals surface area contributed by atoms with Crippen LogP contribution in [0.3, 0.4) is 0 Å². The molecule has 0 aromatic carbocycles. The molecule has 0 radical (unpaired) electrons. The van der Waals surface area contributed by atoms with Gasteiger partial charge in [0.25, 0.3) is 0 Å². The molecule has 0 aromatic rings. The van der Waals surface area contributed by atoms with E-state index in [0.29, 0.717) is 6.42 Å². The van der Waals surface area contributed by atoms with Crippen LogP contribution < -0.4 is 0 Å². The Morgan fingerprint density at radius 3 is 2.79 bits per heavy atom. The number of rotatable bonds is 7. The Hall–Kier alpha value is -1.63. The average molecular weight is 195 g/mol. The first kappa shape index (κ1) is 12.4. The van der Waals surface area contributed by atoms with E-state index >= 15 is 0 Å². The number of carbonyl (C=O) groups excluding carboxylic acids is 1. The van der Waals surface area contributed by atoms with Crippen molar-refractivity contribution in [1.82, 2.24) is 0 Å². The van der Waals surface area contributed by atoms with Gasteiger partial charge in [-0.1, -0.05) is 6.08 Å². The number of aliphatic hydroxyl groups excluding tert-OH is 1. The maximum absolute atomic E-state index is 11.1. The summed E-state index contributed by atoms with van der Waals surface area (Å²) in [6.07, 6.45) is 5.70. The lowest BCUT2D eigenvalue weighted by Crippen LogP contribution is -1.99. The summed E-state index contributed by atoms with van der Waals surface area (Å²) in [5, 5.41) is 17.1. The van der Waals surface area contributed by atoms with Crippen LogP contribution in [0.1, 0.15) is 32.1 Å². The minimum atomic E-state index is -0.207. The van der Waals surface area contributed by atoms with E-state index in [1.165, 1.54) is 0 Å². The molecule has 0 bridgehead atoms. The quantitative estimate of drug-likeness (QED) is 0.294. The van der Waals surface area contributed by atoms with Crippen molar-refractivity contribution in [3.8, 4) is 0 Å². The Kier molecular flexibility index (Phi) is 7.06. The normalized spacial score (nSPS) is 10.6. The number of hydrogen-bond acceptors (Lipinski definition) is 3. The highest BCUT2D eigenvalue weighted by Gasteiger charge is 2.07. The van der Waals surface area contributed by atoms with Gasteiger partial charge in [-0.3, -0.25) is 4.79 Å². The lowest BCUT2D eigenvalue weighted by Gasteiger charge is -1.97. The van der Waals surface area contributed by atoms with Crippen molar-refractivity contribution in [1.29, 1.82) is 5.39 Å². The Labute approximate surface area is 83.6 Å². The van der Waals surface area contributed by atoms with E-state index in [-0.39, 0.29) is 18.0 Å². The second kappa shape index (κ2) is 7.99. The maximum Gasteiger partial charge on any atom is 0.387 e. The van der Waals surface area contributed by atoms with Crippen molar-refractivity contribution in [2.45, 2.75) is 32.1 Å². The second-order valence-corrected chi connectivity index (χ2v) is 2.99. The number of diazo groups is 1. The fraction of sp³-hybridized carbons (Fsp3) is 0.500. The first-order valence-corrected chi connectivity index (χ1v) is 4.55. The summed E-state index contributed by atoms with van der Waals surface area (Å²) in [6, 6.07) is 0. The molecule has 4 heteroatoms. The molecule has 0 fully saturated rings. The number of allylic oxidation sites excluding steroid dienone is 2. The van der Waals surface area contributed by atoms with E-state index in [1.54, 1.807) is 0 Å². The molecule has 0 aliphatic heterocycles. The molecular formula is C10H15N2O2+. The average Bonchev–Trinajstić information content (AvgIpc) is 2.13. The fourth-order valence-electron chi connectivity index (χ4n) is 1.01. The van der Waals surface area contributed by atoms with Gasteiger partial charge in [0.2, 0.25) is 5.39 Å². The molecule has 0 spiro atoms. The Balaban J connectivity index is 3.61. The van der Waals surface area contributed by atoms with Crippen LogP contribution in [-0.2, 0) is 4.79 Å². The van der Waals surface area contributed by atoms with Gasteiger partial charge in [-0.25, -0.2) is 0 Å². The molecule has 0 rings (SSSR count). The fourth-order valence-corrected chi connectivity index (χ4v) is 1.01. The SMILES string of the molecule is C=CCCCCC(=O)C/C(O)=C/[N+]#N. The van der Waals surface area contributed by atoms with Crippen molar-refractivity contribution >= 4 is 5.78 Å². The van der Waals surface area contributed by atoms with E-state index in [1.807, 2.05) is 6.08 Å². The largest absolute Gasteiger partial charge is 0.505 e. The minimum Gasteiger partial charge on any atom is -0.505 e. The second-order valence-electron chi connectivity index (χ2n) is 2.99. The van der Waals surface area contributed by atoms with E-state index in [9.17, 15) is 4.79 Å². The number of unbranched alkanes of at least 4 members (excludes halogenated alkanes) is 2. The Bertz CT molecular complexity index is 264. The van der Waals surface area contributed by atoms with Crippen molar-refractivity contribution in [3.05, 3.63) is 29.6 Å². The van der Waals surface area contributed by atoms with E-state index in [0.717, 1.165) is 25.5 Å². The van der Waals surface area contributed by atoms with Crippen LogP contribution in [-0.4, -0.2) is 10.9 Å². The van der Waals surface area contributed by atoms with Gasteiger partial charge in [-0.2, -0.15) is 0 Å². The highest BCUT2D eigenvalue weighted by molar-refractivity contribution is 5.80. The van der Waals surface area contributed by atoms with Gasteiger partial charge in [0, 0.05) is 6.42 Å². The number of aliphatic hydroxyl groups is 1. The van der Waals surface area contributed by atoms with Gasteiger partial charge >= 0.3 is 6.20 Å². The number of ketones is 1. The van der Waals surface area contributed by atoms with Crippen LogP contribution in [0.15, 0.2) is 24.6 Å². The molecule has 0 unspecified atom stereocenters. The van der Waals surface area contributed by atoms with Gasteiger partial charge in [-0.15, -0.1) is 6.58 Å². The molecule has 0 amide bonds. The van der Waals surface area contributed by atoms with Crippen LogP contribution in [0.4, 0.5) is 0 Å². The van der Waals surface area contributed by atoms with Gasteiger partial charge in [-0.05, 0) is 19.3 Å². The summed E-state index contributed by atoms with van der Waals surface area (Å²) >= 11 is 0. The number of carbonyl (C=O) groups is 1. The molecule has 1 N–H and O–H groups in total. The zero-order chi connectivity index (χ0) is 10.8. The minimum absolute atomic E-state index is 0.0496. The van der Waals surface area contributed by atoms with Gasteiger partial charge in [0.05, 0.1) is 6.42 Å². The summed E-state index contributed by atoms with van der Waals surface area (Å²) in [5.74, 6) is -0.257. The third kappa shape index (κ3) is 7.04. The van der Waals surface area contributed by atoms with Gasteiger partial charge < -0.3 is 5.11 Å². The van der Waals surface area contributed by atoms with Crippen LogP contribution in [0.5, 0.6) is 0 Å². The Morgan fingerprint density at radius 2 is 2.21 bits per heavy atom. The van der Waals surface area contributed by atoms with Crippen molar-refractivity contribution < 1.29 is 9.90 Å². The lowest BCUT2D eigenvalue weighted by molar-refractivity contribution is -0.118. The highest BCUT2D eigenvalue weighted by atomic mass is 16.3. The summed E-state index contributed by atoms with van der Waals surface area (Å²) < 4.78 is 0. The molecule has 0 heterocycles. The molecule has 0 aliphatic rings. The maximum atomic E-state index is 11.1. The predicted octanol–water partition coefficient (Wildman–Crippen LogP) is 2.94. The first-order chi connectivity index (χ1) is 6.70. The van der Waals surface area contributed by atoms with Gasteiger partial charge in [0.1, 0.15) is 5.78 Å². The van der Waals surface area contributed by atoms with E-state index in [4.69, 9.17) is 10.5 Å². The van der Waals surface area contributed by atoms with Crippen LogP contribution >= 0.6 is 0 Å². The molecule has 0 saturated carbocycles. The molecule has 0 aromatic heterocycles. The summed E-state index contributed by atoms with van der Waals surface area (Å²) in [7, 11) is 0. The summed E-state index contributed by atoms with van der Waals surface area (Å²) in [5.41, 5.74) is 0. The van der Waals surface area contributed by atoms with E-state index in [2.05, 4.69) is 11.6 Å².